The Morgan fingerprint density at radius 2 is 1.24 bits per heavy atom. The molecular weight excluding hydrogens is 336 g/mol. The van der Waals surface area contributed by atoms with Crippen LogP contribution < -0.4 is 0 Å². The van der Waals surface area contributed by atoms with Crippen molar-refractivity contribution >= 4 is 17.9 Å². The summed E-state index contributed by atoms with van der Waals surface area (Å²) in [7, 11) is 0. The molecule has 0 atom stereocenters. The van der Waals surface area contributed by atoms with Gasteiger partial charge in [0, 0.05) is 22.8 Å². The summed E-state index contributed by atoms with van der Waals surface area (Å²) in [6, 6.07) is 0. The fourth-order valence-corrected chi connectivity index (χ4v) is 1.31. The van der Waals surface area contributed by atoms with Crippen LogP contribution in [0.1, 0.15) is 34.1 Å². The van der Waals surface area contributed by atoms with Gasteiger partial charge in [-0.2, -0.15) is 0 Å². The molecule has 0 aromatic rings. The molecule has 0 fully saturated rings. The summed E-state index contributed by atoms with van der Waals surface area (Å²) >= 11 is 0. The minimum absolute atomic E-state index is 0.0485. The molecule has 0 spiro atoms. The number of carbonyl (C=O) groups excluding carboxylic acids is 3. The van der Waals surface area contributed by atoms with Crippen LogP contribution in [0.2, 0.25) is 0 Å². The van der Waals surface area contributed by atoms with E-state index in [1.165, 1.54) is 20.8 Å². The first-order chi connectivity index (χ1) is 11.2. The smallest absolute Gasteiger partial charge is 0.385 e. The van der Waals surface area contributed by atoms with Crippen LogP contribution >= 0.6 is 0 Å². The second-order valence-corrected chi connectivity index (χ2v) is 5.28. The van der Waals surface area contributed by atoms with Gasteiger partial charge in [0.1, 0.15) is 0 Å². The Morgan fingerprint density at radius 1 is 0.880 bits per heavy atom. The second kappa shape index (κ2) is 8.56. The second-order valence-electron chi connectivity index (χ2n) is 5.28. The summed E-state index contributed by atoms with van der Waals surface area (Å²) in [5.74, 6) is -8.92. The molecule has 0 unspecified atom stereocenters. The maximum Gasteiger partial charge on any atom is 0.423 e. The molecule has 0 aromatic heterocycles. The SMILES string of the molecule is C=C(C)C(=O)OC(CC)(OC(=O)C(=C)C)OC(=O)/C(C)=C/C(O)(O)O. The highest BCUT2D eigenvalue weighted by atomic mass is 16.9. The average Bonchev–Trinajstić information content (AvgIpc) is 2.44. The van der Waals surface area contributed by atoms with Crippen molar-refractivity contribution < 1.29 is 43.9 Å². The molecule has 0 saturated carbocycles. The fraction of sp³-hybridized carbons (Fsp3) is 0.438. The molecule has 0 bridgehead atoms. The Balaban J connectivity index is 5.70. The molecule has 9 nitrogen and oxygen atoms in total. The van der Waals surface area contributed by atoms with Gasteiger partial charge in [-0.15, -0.1) is 0 Å². The van der Waals surface area contributed by atoms with E-state index >= 15 is 0 Å². The van der Waals surface area contributed by atoms with Crippen LogP contribution in [0.25, 0.3) is 0 Å². The lowest BCUT2D eigenvalue weighted by Crippen LogP contribution is -2.44. The van der Waals surface area contributed by atoms with E-state index in [9.17, 15) is 14.4 Å². The lowest BCUT2D eigenvalue weighted by atomic mass is 10.2. The van der Waals surface area contributed by atoms with Crippen molar-refractivity contribution in [1.29, 1.82) is 0 Å². The first kappa shape index (κ1) is 22.5. The van der Waals surface area contributed by atoms with E-state index in [0.717, 1.165) is 6.92 Å². The molecule has 0 heterocycles. The molecule has 0 radical (unpaired) electrons. The Hall–Kier alpha value is -2.49. The molecule has 3 N–H and O–H groups in total. The first-order valence-electron chi connectivity index (χ1n) is 7.10. The number of esters is 3. The van der Waals surface area contributed by atoms with E-state index in [4.69, 9.17) is 29.5 Å². The van der Waals surface area contributed by atoms with Crippen molar-refractivity contribution in [2.45, 2.75) is 46.1 Å². The van der Waals surface area contributed by atoms with Crippen molar-refractivity contribution in [2.24, 2.45) is 0 Å². The molecule has 0 rings (SSSR count). The van der Waals surface area contributed by atoms with E-state index in [0.29, 0.717) is 6.08 Å². The maximum absolute atomic E-state index is 12.0. The molecule has 9 heteroatoms. The van der Waals surface area contributed by atoms with Crippen molar-refractivity contribution in [1.82, 2.24) is 0 Å². The molecular formula is C16H22O9. The molecule has 0 saturated heterocycles. The van der Waals surface area contributed by atoms with E-state index in [1.54, 1.807) is 0 Å². The van der Waals surface area contributed by atoms with Gasteiger partial charge in [0.2, 0.25) is 0 Å². The highest BCUT2D eigenvalue weighted by Gasteiger charge is 2.42. The third kappa shape index (κ3) is 7.75. The monoisotopic (exact) mass is 358 g/mol. The zero-order valence-corrected chi connectivity index (χ0v) is 14.5. The standard InChI is InChI=1S/C16H22O9/c1-7-16(23-12(17)9(2)3,24-13(18)10(4)5)25-14(19)11(6)8-15(20,21)22/h8,20-22H,2,4,7H2,1,3,5-6H3/b11-8+. The van der Waals surface area contributed by atoms with Crippen molar-refractivity contribution in [3.05, 3.63) is 36.0 Å². The third-order valence-electron chi connectivity index (χ3n) is 2.61. The van der Waals surface area contributed by atoms with Gasteiger partial charge in [-0.25, -0.2) is 14.4 Å². The number of ether oxygens (including phenoxy) is 3. The zero-order valence-electron chi connectivity index (χ0n) is 14.5. The van der Waals surface area contributed by atoms with Crippen LogP contribution in [-0.4, -0.2) is 45.2 Å². The fourth-order valence-electron chi connectivity index (χ4n) is 1.31. The number of rotatable bonds is 8. The summed E-state index contributed by atoms with van der Waals surface area (Å²) in [5.41, 5.74) is -0.553. The number of carbonyl (C=O) groups is 3. The molecule has 25 heavy (non-hydrogen) atoms. The highest BCUT2D eigenvalue weighted by molar-refractivity contribution is 5.90. The Morgan fingerprint density at radius 3 is 1.52 bits per heavy atom. The Bertz CT molecular complexity index is 580. The summed E-state index contributed by atoms with van der Waals surface area (Å²) in [6.45, 7) is 11.9. The number of hydrogen-bond acceptors (Lipinski definition) is 9. The van der Waals surface area contributed by atoms with Crippen LogP contribution in [0, 0.1) is 0 Å². The summed E-state index contributed by atoms with van der Waals surface area (Å²) in [6.07, 6.45) is 0.0868. The minimum Gasteiger partial charge on any atom is -0.385 e. The molecule has 0 aliphatic heterocycles. The number of aliphatic hydroxyl groups is 3. The molecule has 0 amide bonds. The van der Waals surface area contributed by atoms with Crippen LogP contribution in [0.4, 0.5) is 0 Å². The van der Waals surface area contributed by atoms with Gasteiger partial charge in [-0.3, -0.25) is 0 Å². The van der Waals surface area contributed by atoms with E-state index < -0.39 is 35.4 Å². The predicted octanol–water partition coefficient (Wildman–Crippen LogP) is 0.409. The Labute approximate surface area is 144 Å². The lowest BCUT2D eigenvalue weighted by Gasteiger charge is -2.30. The molecule has 0 aromatic carbocycles. The molecule has 0 aliphatic carbocycles. The predicted molar refractivity (Wildman–Crippen MR) is 84.1 cm³/mol. The van der Waals surface area contributed by atoms with Crippen molar-refractivity contribution in [2.75, 3.05) is 0 Å². The summed E-state index contributed by atoms with van der Waals surface area (Å²) in [4.78, 5) is 35.6. The van der Waals surface area contributed by atoms with E-state index in [2.05, 4.69) is 13.2 Å². The van der Waals surface area contributed by atoms with E-state index in [1.807, 2.05) is 0 Å². The van der Waals surface area contributed by atoms with Crippen LogP contribution in [0.3, 0.4) is 0 Å². The van der Waals surface area contributed by atoms with Crippen molar-refractivity contribution in [3.8, 4) is 0 Å². The van der Waals surface area contributed by atoms with Gasteiger partial charge in [-0.05, 0) is 20.8 Å². The largest absolute Gasteiger partial charge is 0.423 e. The Kier molecular flexibility index (Phi) is 7.71. The maximum atomic E-state index is 12.0. The van der Waals surface area contributed by atoms with Gasteiger partial charge < -0.3 is 29.5 Å². The first-order valence-corrected chi connectivity index (χ1v) is 7.10. The summed E-state index contributed by atoms with van der Waals surface area (Å²) < 4.78 is 14.8. The van der Waals surface area contributed by atoms with Gasteiger partial charge in [0.25, 0.3) is 5.97 Å². The zero-order chi connectivity index (χ0) is 20.0. The molecule has 140 valence electrons. The summed E-state index contributed by atoms with van der Waals surface area (Å²) in [5, 5.41) is 26.6. The van der Waals surface area contributed by atoms with Crippen LogP contribution in [0.5, 0.6) is 0 Å². The normalized spacial score (nSPS) is 12.2. The van der Waals surface area contributed by atoms with Crippen molar-refractivity contribution in [3.63, 3.8) is 0 Å². The lowest BCUT2D eigenvalue weighted by molar-refractivity contribution is -0.327. The molecule has 0 aliphatic rings. The van der Waals surface area contributed by atoms with Gasteiger partial charge >= 0.3 is 23.9 Å². The third-order valence-corrected chi connectivity index (χ3v) is 2.61. The van der Waals surface area contributed by atoms with Gasteiger partial charge in [-0.1, -0.05) is 20.1 Å². The quantitative estimate of drug-likeness (QED) is 0.320. The average molecular weight is 358 g/mol. The van der Waals surface area contributed by atoms with E-state index in [-0.39, 0.29) is 17.6 Å². The number of hydrogen-bond donors (Lipinski definition) is 3. The minimum atomic E-state index is -3.26. The van der Waals surface area contributed by atoms with Gasteiger partial charge in [0.05, 0.1) is 6.42 Å². The van der Waals surface area contributed by atoms with Gasteiger partial charge in [0.15, 0.2) is 0 Å². The van der Waals surface area contributed by atoms with Crippen LogP contribution in [0.15, 0.2) is 36.0 Å². The van der Waals surface area contributed by atoms with Crippen LogP contribution in [-0.2, 0) is 28.6 Å². The topological polar surface area (TPSA) is 140 Å². The highest BCUT2D eigenvalue weighted by Crippen LogP contribution is 2.25.